The minimum Gasteiger partial charge on any atom is -0.344 e. The van der Waals surface area contributed by atoms with Crippen LogP contribution in [0.5, 0.6) is 0 Å². The standard InChI is InChI=1S/C20H28N4O/c1-5-6-13-20(21-22-20)14-12-19(25)24(4)15-17(2)23(3)16-18-10-8-7-9-11-18/h1,7-11,17H,6,12-16H2,2-4H3. The molecule has 1 aromatic carbocycles. The van der Waals surface area contributed by atoms with Crippen LogP contribution in [0.3, 0.4) is 0 Å². The molecule has 0 spiro atoms. The van der Waals surface area contributed by atoms with Gasteiger partial charge < -0.3 is 4.90 Å². The number of benzene rings is 1. The van der Waals surface area contributed by atoms with E-state index < -0.39 is 0 Å². The Balaban J connectivity index is 1.73. The summed E-state index contributed by atoms with van der Waals surface area (Å²) in [4.78, 5) is 16.5. The van der Waals surface area contributed by atoms with Crippen LogP contribution in [-0.4, -0.2) is 48.1 Å². The molecule has 1 aliphatic rings. The molecule has 1 amide bonds. The highest BCUT2D eigenvalue weighted by Gasteiger charge is 2.39. The summed E-state index contributed by atoms with van der Waals surface area (Å²) in [5.41, 5.74) is 0.900. The molecule has 1 unspecified atom stereocenters. The van der Waals surface area contributed by atoms with Crippen LogP contribution in [0.4, 0.5) is 0 Å². The van der Waals surface area contributed by atoms with E-state index in [0.717, 1.165) is 13.0 Å². The van der Waals surface area contributed by atoms with Crippen molar-refractivity contribution in [1.82, 2.24) is 9.80 Å². The van der Waals surface area contributed by atoms with Crippen LogP contribution in [0, 0.1) is 12.3 Å². The molecule has 1 aromatic rings. The fourth-order valence-corrected chi connectivity index (χ4v) is 2.83. The van der Waals surface area contributed by atoms with Crippen molar-refractivity contribution in [2.75, 3.05) is 20.6 Å². The van der Waals surface area contributed by atoms with Gasteiger partial charge in [-0.3, -0.25) is 9.69 Å². The third kappa shape index (κ3) is 5.99. The minimum absolute atomic E-state index is 0.136. The van der Waals surface area contributed by atoms with Crippen LogP contribution in [0.2, 0.25) is 0 Å². The van der Waals surface area contributed by atoms with E-state index in [-0.39, 0.29) is 17.6 Å². The second-order valence-corrected chi connectivity index (χ2v) is 6.91. The van der Waals surface area contributed by atoms with Crippen LogP contribution in [0.1, 0.15) is 38.2 Å². The van der Waals surface area contributed by atoms with Crippen molar-refractivity contribution in [3.05, 3.63) is 35.9 Å². The summed E-state index contributed by atoms with van der Waals surface area (Å²) in [7, 11) is 3.96. The minimum atomic E-state index is -0.376. The van der Waals surface area contributed by atoms with Crippen molar-refractivity contribution in [3.8, 4) is 12.3 Å². The zero-order valence-electron chi connectivity index (χ0n) is 15.5. The molecule has 0 radical (unpaired) electrons. The highest BCUT2D eigenvalue weighted by Crippen LogP contribution is 2.37. The van der Waals surface area contributed by atoms with Crippen LogP contribution in [-0.2, 0) is 11.3 Å². The Kier molecular flexibility index (Phi) is 6.72. The predicted octanol–water partition coefficient (Wildman–Crippen LogP) is 3.32. The Labute approximate surface area is 151 Å². The maximum atomic E-state index is 12.4. The fraction of sp³-hybridized carbons (Fsp3) is 0.550. The first-order valence-corrected chi connectivity index (χ1v) is 8.81. The first kappa shape index (κ1) is 19.1. The molecule has 134 valence electrons. The summed E-state index contributed by atoms with van der Waals surface area (Å²) < 4.78 is 0. The number of nitrogens with zero attached hydrogens (tertiary/aromatic N) is 4. The smallest absolute Gasteiger partial charge is 0.222 e. The Hall–Kier alpha value is -2.19. The zero-order chi connectivity index (χ0) is 18.3. The van der Waals surface area contributed by atoms with Gasteiger partial charge in [-0.15, -0.1) is 12.3 Å². The van der Waals surface area contributed by atoms with Gasteiger partial charge in [0, 0.05) is 51.9 Å². The van der Waals surface area contributed by atoms with Gasteiger partial charge in [0.2, 0.25) is 5.91 Å². The van der Waals surface area contributed by atoms with Crippen molar-refractivity contribution in [2.24, 2.45) is 10.2 Å². The number of carbonyl (C=O) groups excluding carboxylic acids is 1. The maximum absolute atomic E-state index is 12.4. The molecule has 0 fully saturated rings. The van der Waals surface area contributed by atoms with Gasteiger partial charge in [-0.1, -0.05) is 30.3 Å². The third-order valence-corrected chi connectivity index (χ3v) is 4.78. The lowest BCUT2D eigenvalue weighted by Crippen LogP contribution is -2.41. The van der Waals surface area contributed by atoms with E-state index in [1.807, 2.05) is 30.1 Å². The summed E-state index contributed by atoms with van der Waals surface area (Å²) >= 11 is 0. The van der Waals surface area contributed by atoms with Gasteiger partial charge in [-0.2, -0.15) is 10.2 Å². The molecule has 5 nitrogen and oxygen atoms in total. The zero-order valence-corrected chi connectivity index (χ0v) is 15.5. The summed E-state index contributed by atoms with van der Waals surface area (Å²) in [6.07, 6.45) is 7.81. The van der Waals surface area contributed by atoms with Crippen molar-refractivity contribution in [3.63, 3.8) is 0 Å². The van der Waals surface area contributed by atoms with Crippen LogP contribution in [0.15, 0.2) is 40.6 Å². The van der Waals surface area contributed by atoms with Crippen LogP contribution < -0.4 is 0 Å². The highest BCUT2D eigenvalue weighted by atomic mass is 16.2. The molecule has 5 heteroatoms. The number of carbonyl (C=O) groups is 1. The van der Waals surface area contributed by atoms with Gasteiger partial charge in [0.15, 0.2) is 5.66 Å². The monoisotopic (exact) mass is 340 g/mol. The average Bonchev–Trinajstić information content (AvgIpc) is 3.39. The SMILES string of the molecule is C#CCCC1(CCC(=O)N(C)CC(C)N(C)Cc2ccccc2)N=N1. The first-order valence-electron chi connectivity index (χ1n) is 8.81. The lowest BCUT2D eigenvalue weighted by atomic mass is 10.0. The van der Waals surface area contributed by atoms with E-state index in [1.165, 1.54) is 5.56 Å². The average molecular weight is 340 g/mol. The number of likely N-dealkylation sites (N-methyl/N-ethyl adjacent to an activating group) is 2. The number of rotatable bonds is 10. The largest absolute Gasteiger partial charge is 0.344 e. The molecule has 0 N–H and O–H groups in total. The highest BCUT2D eigenvalue weighted by molar-refractivity contribution is 5.76. The quantitative estimate of drug-likeness (QED) is 0.614. The van der Waals surface area contributed by atoms with Crippen molar-refractivity contribution in [2.45, 2.75) is 50.9 Å². The van der Waals surface area contributed by atoms with E-state index in [0.29, 0.717) is 25.8 Å². The van der Waals surface area contributed by atoms with E-state index in [9.17, 15) is 4.79 Å². The van der Waals surface area contributed by atoms with Gasteiger partial charge in [-0.25, -0.2) is 0 Å². The number of hydrogen-bond acceptors (Lipinski definition) is 4. The van der Waals surface area contributed by atoms with E-state index in [1.54, 1.807) is 0 Å². The molecule has 1 aliphatic heterocycles. The van der Waals surface area contributed by atoms with Gasteiger partial charge in [0.25, 0.3) is 0 Å². The topological polar surface area (TPSA) is 48.3 Å². The van der Waals surface area contributed by atoms with Gasteiger partial charge >= 0.3 is 0 Å². The number of amides is 1. The second kappa shape index (κ2) is 8.77. The van der Waals surface area contributed by atoms with Crippen molar-refractivity contribution in [1.29, 1.82) is 0 Å². The summed E-state index contributed by atoms with van der Waals surface area (Å²) in [6, 6.07) is 10.6. The number of terminal acetylenes is 1. The molecule has 0 bridgehead atoms. The molecular weight excluding hydrogens is 312 g/mol. The Morgan fingerprint density at radius 3 is 2.52 bits per heavy atom. The van der Waals surface area contributed by atoms with E-state index in [2.05, 4.69) is 47.2 Å². The van der Waals surface area contributed by atoms with Gasteiger partial charge in [0.05, 0.1) is 0 Å². The van der Waals surface area contributed by atoms with Crippen LogP contribution in [0.25, 0.3) is 0 Å². The van der Waals surface area contributed by atoms with Crippen molar-refractivity contribution < 1.29 is 4.79 Å². The van der Waals surface area contributed by atoms with Gasteiger partial charge in [-0.05, 0) is 19.5 Å². The Bertz CT molecular complexity index is 629. The molecule has 0 aliphatic carbocycles. The van der Waals surface area contributed by atoms with E-state index in [4.69, 9.17) is 6.42 Å². The van der Waals surface area contributed by atoms with E-state index >= 15 is 0 Å². The lowest BCUT2D eigenvalue weighted by molar-refractivity contribution is -0.130. The van der Waals surface area contributed by atoms with Gasteiger partial charge in [0.1, 0.15) is 0 Å². The molecule has 2 rings (SSSR count). The molecule has 0 aromatic heterocycles. The fourth-order valence-electron chi connectivity index (χ4n) is 2.83. The molecule has 1 atom stereocenters. The Morgan fingerprint density at radius 2 is 1.92 bits per heavy atom. The first-order chi connectivity index (χ1) is 12.0. The molecule has 0 saturated heterocycles. The van der Waals surface area contributed by atoms with Crippen molar-refractivity contribution >= 4 is 5.91 Å². The lowest BCUT2D eigenvalue weighted by Gasteiger charge is -2.29. The summed E-state index contributed by atoms with van der Waals surface area (Å²) in [6.45, 7) is 3.72. The Morgan fingerprint density at radius 1 is 1.24 bits per heavy atom. The molecule has 0 saturated carbocycles. The molecule has 25 heavy (non-hydrogen) atoms. The predicted molar refractivity (Wildman–Crippen MR) is 99.9 cm³/mol. The normalized spacial score (nSPS) is 15.6. The maximum Gasteiger partial charge on any atom is 0.222 e. The van der Waals surface area contributed by atoms with Crippen LogP contribution >= 0.6 is 0 Å². The molecular formula is C20H28N4O. The molecule has 1 heterocycles. The summed E-state index contributed by atoms with van der Waals surface area (Å²) in [5, 5.41) is 8.18. The second-order valence-electron chi connectivity index (χ2n) is 6.91. The third-order valence-electron chi connectivity index (χ3n) is 4.78. The number of hydrogen-bond donors (Lipinski definition) is 0. The summed E-state index contributed by atoms with van der Waals surface area (Å²) in [5.74, 6) is 2.75.